The Morgan fingerprint density at radius 2 is 2.31 bits per heavy atom. The summed E-state index contributed by atoms with van der Waals surface area (Å²) in [5, 5.41) is 0. The smallest absolute Gasteiger partial charge is 0.0504 e. The highest BCUT2D eigenvalue weighted by Crippen LogP contribution is 2.38. The molecule has 0 radical (unpaired) electrons. The first-order chi connectivity index (χ1) is 7.72. The van der Waals surface area contributed by atoms with E-state index in [0.717, 1.165) is 13.0 Å². The lowest BCUT2D eigenvalue weighted by molar-refractivity contribution is 0.599. The number of nitrogens with zero attached hydrogens (tertiary/aromatic N) is 1. The third kappa shape index (κ3) is 2.36. The molecule has 1 aromatic rings. The van der Waals surface area contributed by atoms with Gasteiger partial charge in [-0.05, 0) is 44.0 Å². The van der Waals surface area contributed by atoms with Crippen LogP contribution in [0.2, 0.25) is 0 Å². The van der Waals surface area contributed by atoms with Crippen molar-refractivity contribution in [2.45, 2.75) is 30.7 Å². The number of thioether (sulfide) groups is 1. The second kappa shape index (κ2) is 5.11. The summed E-state index contributed by atoms with van der Waals surface area (Å²) in [6.07, 6.45) is 2.32. The van der Waals surface area contributed by atoms with Crippen LogP contribution < -0.4 is 10.6 Å². The highest BCUT2D eigenvalue weighted by atomic mass is 32.2. The molecule has 0 amide bonds. The summed E-state index contributed by atoms with van der Waals surface area (Å²) in [6.45, 7) is 2.96. The fraction of sp³-hybridized carbons (Fsp3) is 0.538. The summed E-state index contributed by atoms with van der Waals surface area (Å²) in [7, 11) is 2.20. The van der Waals surface area contributed by atoms with Crippen LogP contribution in [0.4, 0.5) is 5.69 Å². The zero-order valence-electron chi connectivity index (χ0n) is 10.1. The molecule has 0 aliphatic carbocycles. The third-order valence-electron chi connectivity index (χ3n) is 3.22. The molecule has 88 valence electrons. The molecule has 0 saturated carbocycles. The lowest BCUT2D eigenvalue weighted by Gasteiger charge is -2.35. The average Bonchev–Trinajstić information content (AvgIpc) is 2.28. The topological polar surface area (TPSA) is 29.3 Å². The zero-order chi connectivity index (χ0) is 11.5. The minimum Gasteiger partial charge on any atom is -0.370 e. The van der Waals surface area contributed by atoms with Crippen molar-refractivity contribution in [1.82, 2.24) is 0 Å². The largest absolute Gasteiger partial charge is 0.370 e. The highest BCUT2D eigenvalue weighted by molar-refractivity contribution is 7.99. The molecular weight excluding hydrogens is 216 g/mol. The van der Waals surface area contributed by atoms with E-state index >= 15 is 0 Å². The summed E-state index contributed by atoms with van der Waals surface area (Å²) in [5.41, 5.74) is 8.31. The number of hydrogen-bond donors (Lipinski definition) is 1. The van der Waals surface area contributed by atoms with Gasteiger partial charge in [0.1, 0.15) is 0 Å². The molecule has 16 heavy (non-hydrogen) atoms. The Labute approximate surface area is 102 Å². The lowest BCUT2D eigenvalue weighted by atomic mass is 10.1. The van der Waals surface area contributed by atoms with E-state index in [-0.39, 0.29) is 0 Å². The normalized spacial score (nSPS) is 19.7. The summed E-state index contributed by atoms with van der Waals surface area (Å²) in [6, 6.07) is 7.37. The van der Waals surface area contributed by atoms with Crippen molar-refractivity contribution in [3.05, 3.63) is 23.8 Å². The molecule has 2 nitrogen and oxygen atoms in total. The van der Waals surface area contributed by atoms with Gasteiger partial charge >= 0.3 is 0 Å². The van der Waals surface area contributed by atoms with Gasteiger partial charge in [-0.2, -0.15) is 0 Å². The van der Waals surface area contributed by atoms with Crippen LogP contribution in [0.3, 0.4) is 0 Å². The Hall–Kier alpha value is -0.670. The van der Waals surface area contributed by atoms with Gasteiger partial charge in [0.15, 0.2) is 0 Å². The van der Waals surface area contributed by atoms with Crippen LogP contribution in [0.1, 0.15) is 18.4 Å². The van der Waals surface area contributed by atoms with Gasteiger partial charge in [-0.3, -0.25) is 0 Å². The summed E-state index contributed by atoms with van der Waals surface area (Å²) in [5.74, 6) is 1.19. The van der Waals surface area contributed by atoms with Gasteiger partial charge in [0.25, 0.3) is 0 Å². The van der Waals surface area contributed by atoms with E-state index in [9.17, 15) is 0 Å². The van der Waals surface area contributed by atoms with Crippen molar-refractivity contribution in [2.24, 2.45) is 5.73 Å². The zero-order valence-corrected chi connectivity index (χ0v) is 10.9. The van der Waals surface area contributed by atoms with Gasteiger partial charge in [0, 0.05) is 23.7 Å². The van der Waals surface area contributed by atoms with Crippen LogP contribution in [0.5, 0.6) is 0 Å². The van der Waals surface area contributed by atoms with E-state index in [1.54, 1.807) is 0 Å². The molecule has 1 heterocycles. The molecule has 3 heteroatoms. The first-order valence-electron chi connectivity index (χ1n) is 5.88. The van der Waals surface area contributed by atoms with Crippen LogP contribution in [0.15, 0.2) is 23.1 Å². The Balaban J connectivity index is 2.15. The fourth-order valence-electron chi connectivity index (χ4n) is 2.15. The number of rotatable bonds is 3. The van der Waals surface area contributed by atoms with Crippen LogP contribution in [-0.4, -0.2) is 25.4 Å². The molecule has 2 N–H and O–H groups in total. The lowest BCUT2D eigenvalue weighted by Crippen LogP contribution is -2.37. The van der Waals surface area contributed by atoms with Gasteiger partial charge in [-0.15, -0.1) is 11.8 Å². The van der Waals surface area contributed by atoms with Crippen molar-refractivity contribution >= 4 is 17.4 Å². The molecule has 1 unspecified atom stereocenters. The first kappa shape index (κ1) is 11.8. The summed E-state index contributed by atoms with van der Waals surface area (Å²) < 4.78 is 0. The average molecular weight is 236 g/mol. The monoisotopic (exact) mass is 236 g/mol. The van der Waals surface area contributed by atoms with Crippen molar-refractivity contribution in [3.63, 3.8) is 0 Å². The van der Waals surface area contributed by atoms with E-state index in [0.29, 0.717) is 6.04 Å². The predicted molar refractivity (Wildman–Crippen MR) is 72.4 cm³/mol. The molecular formula is C13H20N2S. The minimum absolute atomic E-state index is 0.642. The number of hydrogen-bond acceptors (Lipinski definition) is 3. The van der Waals surface area contributed by atoms with Gasteiger partial charge in [-0.25, -0.2) is 0 Å². The molecule has 1 aliphatic rings. The van der Waals surface area contributed by atoms with E-state index in [1.807, 2.05) is 11.8 Å². The second-order valence-corrected chi connectivity index (χ2v) is 5.54. The van der Waals surface area contributed by atoms with Gasteiger partial charge in [-0.1, -0.05) is 6.07 Å². The molecule has 1 atom stereocenters. The van der Waals surface area contributed by atoms with Gasteiger partial charge < -0.3 is 10.6 Å². The molecule has 0 bridgehead atoms. The van der Waals surface area contributed by atoms with Crippen LogP contribution in [0, 0.1) is 6.92 Å². The summed E-state index contributed by atoms with van der Waals surface area (Å²) in [4.78, 5) is 3.84. The third-order valence-corrected chi connectivity index (χ3v) is 4.41. The maximum atomic E-state index is 5.58. The quantitative estimate of drug-likeness (QED) is 0.875. The molecule has 0 spiro atoms. The molecule has 0 fully saturated rings. The molecule has 2 rings (SSSR count). The number of aryl methyl sites for hydroxylation is 1. The fourth-order valence-corrected chi connectivity index (χ4v) is 3.54. The van der Waals surface area contributed by atoms with Gasteiger partial charge in [0.2, 0.25) is 0 Å². The molecule has 1 aliphatic heterocycles. The van der Waals surface area contributed by atoms with Crippen LogP contribution in [-0.2, 0) is 0 Å². The first-order valence-corrected chi connectivity index (χ1v) is 6.87. The van der Waals surface area contributed by atoms with Crippen LogP contribution in [0.25, 0.3) is 0 Å². The van der Waals surface area contributed by atoms with E-state index in [4.69, 9.17) is 5.73 Å². The van der Waals surface area contributed by atoms with Crippen molar-refractivity contribution in [2.75, 3.05) is 24.2 Å². The second-order valence-electron chi connectivity index (χ2n) is 4.48. The van der Waals surface area contributed by atoms with Crippen molar-refractivity contribution < 1.29 is 0 Å². The molecule has 1 aromatic carbocycles. The Kier molecular flexibility index (Phi) is 3.77. The Morgan fingerprint density at radius 1 is 1.50 bits per heavy atom. The predicted octanol–water partition coefficient (Wildman–Crippen LogP) is 2.64. The number of nitrogens with two attached hydrogens (primary N) is 1. The van der Waals surface area contributed by atoms with Crippen molar-refractivity contribution in [3.8, 4) is 0 Å². The molecule has 0 saturated heterocycles. The highest BCUT2D eigenvalue weighted by Gasteiger charge is 2.23. The van der Waals surface area contributed by atoms with Crippen molar-refractivity contribution in [1.29, 1.82) is 0 Å². The van der Waals surface area contributed by atoms with Gasteiger partial charge in [0.05, 0.1) is 5.69 Å². The molecule has 0 aromatic heterocycles. The Morgan fingerprint density at radius 3 is 3.06 bits per heavy atom. The van der Waals surface area contributed by atoms with Crippen LogP contribution >= 0.6 is 11.8 Å². The number of fused-ring (bicyclic) bond motifs is 1. The van der Waals surface area contributed by atoms with E-state index in [2.05, 4.69) is 37.1 Å². The summed E-state index contributed by atoms with van der Waals surface area (Å²) >= 11 is 1.98. The number of benzene rings is 1. The van der Waals surface area contributed by atoms with E-state index < -0.39 is 0 Å². The number of anilines is 1. The van der Waals surface area contributed by atoms with E-state index in [1.165, 1.54) is 28.3 Å². The standard InChI is InChI=1S/C13H20N2S/c1-10-5-6-12-13(8-10)16-9-11(15(12)2)4-3-7-14/h5-6,8,11H,3-4,7,9,14H2,1-2H3. The Bertz CT molecular complexity index is 365. The maximum Gasteiger partial charge on any atom is 0.0504 e. The SMILES string of the molecule is Cc1ccc2c(c1)SCC(CCCN)N2C. The minimum atomic E-state index is 0.642. The maximum absolute atomic E-state index is 5.58.